The SMILES string of the molecule is Fc1c(F)c(F)c([B-](c2c(F)c(F)c(F)c(F)c2F)(c2c(F)c(F)c(F)c(F)c2F)c2c(F)c(F)c(F)c(F)c2F)c(F)c1F.O=C(OC[N+](=O)[O-])c1cncc[n+]1Cc1ccccc1. The van der Waals surface area contributed by atoms with E-state index in [0.717, 1.165) is 5.56 Å². The normalized spacial score (nSPS) is 11.4. The summed E-state index contributed by atoms with van der Waals surface area (Å²) in [5.41, 5.74) is -13.2. The van der Waals surface area contributed by atoms with Crippen LogP contribution in [0.2, 0.25) is 0 Å². The minimum atomic E-state index is -7.22. The third-order valence-electron chi connectivity index (χ3n) is 9.25. The predicted octanol–water partition coefficient (Wildman–Crippen LogP) is 6.65. The summed E-state index contributed by atoms with van der Waals surface area (Å²) in [6, 6.07) is 9.51. The number of nitro groups is 1. The van der Waals surface area contributed by atoms with E-state index in [2.05, 4.69) is 9.72 Å². The summed E-state index contributed by atoms with van der Waals surface area (Å²) in [5.74, 6) is -72.2. The van der Waals surface area contributed by atoms with Gasteiger partial charge in [0.25, 0.3) is 0 Å². The van der Waals surface area contributed by atoms with Crippen LogP contribution in [0.4, 0.5) is 87.8 Å². The fourth-order valence-corrected chi connectivity index (χ4v) is 6.53. The molecular weight excluding hydrogens is 941 g/mol. The van der Waals surface area contributed by atoms with E-state index < -0.39 is 162 Å². The molecule has 0 atom stereocenters. The van der Waals surface area contributed by atoms with Gasteiger partial charge in [0.15, 0.2) is 82.5 Å². The summed E-state index contributed by atoms with van der Waals surface area (Å²) in [6.07, 6.45) is -2.74. The number of hydrogen-bond donors (Lipinski definition) is 0. The average Bonchev–Trinajstić information content (AvgIpc) is 3.28. The maximum Gasteiger partial charge on any atom is 0.410 e. The van der Waals surface area contributed by atoms with E-state index in [0.29, 0.717) is 6.54 Å². The Morgan fingerprint density at radius 2 is 0.800 bits per heavy atom. The topological polar surface area (TPSA) is 86.2 Å². The van der Waals surface area contributed by atoms with Crippen LogP contribution in [0.25, 0.3) is 0 Å². The number of rotatable bonds is 9. The lowest BCUT2D eigenvalue weighted by Crippen LogP contribution is -2.81. The lowest BCUT2D eigenvalue weighted by atomic mass is 9.12. The van der Waals surface area contributed by atoms with Crippen molar-refractivity contribution >= 4 is 34.0 Å². The number of halogens is 20. The van der Waals surface area contributed by atoms with E-state index in [-0.39, 0.29) is 5.69 Å². The monoisotopic (exact) mass is 953 g/mol. The lowest BCUT2D eigenvalue weighted by Gasteiger charge is -2.44. The predicted molar refractivity (Wildman–Crippen MR) is 176 cm³/mol. The van der Waals surface area contributed by atoms with Gasteiger partial charge in [0.05, 0.1) is 11.1 Å². The molecule has 1 heterocycles. The molecular formula is C37H12BF20N3O4. The zero-order valence-electron chi connectivity index (χ0n) is 30.6. The van der Waals surface area contributed by atoms with Gasteiger partial charge < -0.3 is 4.74 Å². The van der Waals surface area contributed by atoms with Crippen molar-refractivity contribution in [1.82, 2.24) is 4.98 Å². The highest BCUT2D eigenvalue weighted by Crippen LogP contribution is 2.30. The van der Waals surface area contributed by atoms with E-state index in [9.17, 15) is 67.6 Å². The minimum absolute atomic E-state index is 0.165. The van der Waals surface area contributed by atoms with Gasteiger partial charge in [-0.2, -0.15) is 4.57 Å². The Morgan fingerprint density at radius 3 is 1.09 bits per heavy atom. The first kappa shape index (κ1) is 48.7. The number of carbonyl (C=O) groups excluding carboxylic acids is 1. The van der Waals surface area contributed by atoms with Crippen LogP contribution < -0.4 is 26.4 Å². The molecule has 342 valence electrons. The Balaban J connectivity index is 0.000000330. The highest BCUT2D eigenvalue weighted by Gasteiger charge is 2.52. The van der Waals surface area contributed by atoms with Crippen molar-refractivity contribution in [2.24, 2.45) is 0 Å². The van der Waals surface area contributed by atoms with E-state index in [4.69, 9.17) is 0 Å². The molecule has 0 unspecified atom stereocenters. The molecule has 0 aliphatic carbocycles. The van der Waals surface area contributed by atoms with Crippen LogP contribution in [0, 0.1) is 126 Å². The molecule has 65 heavy (non-hydrogen) atoms. The van der Waals surface area contributed by atoms with Crippen molar-refractivity contribution < 1.29 is 107 Å². The van der Waals surface area contributed by atoms with Gasteiger partial charge in [-0.25, -0.2) is 92.6 Å². The Bertz CT molecular complexity index is 2550. The molecule has 6 rings (SSSR count). The quantitative estimate of drug-likeness (QED) is 0.0187. The Kier molecular flexibility index (Phi) is 13.8. The molecule has 0 spiro atoms. The zero-order chi connectivity index (χ0) is 48.7. The second kappa shape index (κ2) is 18.4. The van der Waals surface area contributed by atoms with Gasteiger partial charge in [0.2, 0.25) is 0 Å². The second-order valence-electron chi connectivity index (χ2n) is 12.8. The average molecular weight is 953 g/mol. The van der Waals surface area contributed by atoms with Gasteiger partial charge in [-0.3, -0.25) is 15.1 Å². The number of benzene rings is 5. The molecule has 0 bridgehead atoms. The maximum atomic E-state index is 15.4. The van der Waals surface area contributed by atoms with Gasteiger partial charge in [-0.15, -0.1) is 21.9 Å². The summed E-state index contributed by atoms with van der Waals surface area (Å²) in [5, 5.41) is 10.2. The molecule has 7 nitrogen and oxygen atoms in total. The standard InChI is InChI=1S/C24BF20.C13H12N3O4/c26-5-1(6(27)14(35)21(42)13(5)34)25(2-7(28)15(36)22(43)16(37)8(2)29,3-9(30)17(38)23(44)18(39)10(3)31)4-11(32)19(40)24(45)20(41)12(4)33;17-13(20-10-16(18)19)12-8-14-6-7-15(12)9-11-4-2-1-3-5-11/h;1-8H,9-10H2/q-1;+1. The summed E-state index contributed by atoms with van der Waals surface area (Å²) >= 11 is 0. The highest BCUT2D eigenvalue weighted by molar-refractivity contribution is 7.20. The molecule has 1 aromatic heterocycles. The molecule has 0 fully saturated rings. The van der Waals surface area contributed by atoms with E-state index in [1.807, 2.05) is 30.3 Å². The first-order valence-electron chi connectivity index (χ1n) is 16.8. The van der Waals surface area contributed by atoms with E-state index in [1.165, 1.54) is 12.4 Å². The van der Waals surface area contributed by atoms with Gasteiger partial charge >= 0.3 is 18.4 Å². The van der Waals surface area contributed by atoms with Crippen molar-refractivity contribution in [1.29, 1.82) is 0 Å². The Hall–Kier alpha value is -7.29. The maximum absolute atomic E-state index is 15.4. The number of aromatic nitrogens is 2. The Morgan fingerprint density at radius 1 is 0.508 bits per heavy atom. The van der Waals surface area contributed by atoms with E-state index in [1.54, 1.807) is 10.8 Å². The first-order valence-corrected chi connectivity index (χ1v) is 16.8. The molecule has 5 aromatic carbocycles. The van der Waals surface area contributed by atoms with Crippen LogP contribution in [-0.2, 0) is 11.3 Å². The number of esters is 1. The van der Waals surface area contributed by atoms with Crippen molar-refractivity contribution in [3.8, 4) is 0 Å². The van der Waals surface area contributed by atoms with Crippen LogP contribution >= 0.6 is 0 Å². The molecule has 0 saturated carbocycles. The summed E-state index contributed by atoms with van der Waals surface area (Å²) < 4.78 is 300. The molecule has 28 heteroatoms. The largest absolute Gasteiger partial charge is 0.410 e. The summed E-state index contributed by atoms with van der Waals surface area (Å²) in [4.78, 5) is 25.1. The van der Waals surface area contributed by atoms with Crippen LogP contribution in [0.5, 0.6) is 0 Å². The van der Waals surface area contributed by atoms with Crippen molar-refractivity contribution in [2.45, 2.75) is 6.54 Å². The van der Waals surface area contributed by atoms with Gasteiger partial charge in [-0.05, 0) is 0 Å². The highest BCUT2D eigenvalue weighted by atomic mass is 19.2. The zero-order valence-corrected chi connectivity index (χ0v) is 30.6. The van der Waals surface area contributed by atoms with Gasteiger partial charge in [0.1, 0.15) is 58.9 Å². The third-order valence-corrected chi connectivity index (χ3v) is 9.25. The number of hydrogen-bond acceptors (Lipinski definition) is 5. The minimum Gasteiger partial charge on any atom is -0.392 e. The fourth-order valence-electron chi connectivity index (χ4n) is 6.53. The number of carbonyl (C=O) groups is 1. The van der Waals surface area contributed by atoms with Gasteiger partial charge in [0, 0.05) is 5.56 Å². The summed E-state index contributed by atoms with van der Waals surface area (Å²) in [7, 11) is 0. The van der Waals surface area contributed by atoms with Crippen LogP contribution in [0.3, 0.4) is 0 Å². The molecule has 0 amide bonds. The molecule has 0 saturated heterocycles. The first-order chi connectivity index (χ1) is 30.4. The van der Waals surface area contributed by atoms with E-state index >= 15 is 35.1 Å². The van der Waals surface area contributed by atoms with Crippen LogP contribution in [0.15, 0.2) is 48.9 Å². The Labute approximate surface area is 345 Å². The summed E-state index contributed by atoms with van der Waals surface area (Å²) in [6.45, 7) is -0.411. The molecule has 0 N–H and O–H groups in total. The fraction of sp³-hybridized carbons (Fsp3) is 0.0541. The van der Waals surface area contributed by atoms with Crippen molar-refractivity contribution in [2.75, 3.05) is 6.73 Å². The van der Waals surface area contributed by atoms with Crippen LogP contribution in [0.1, 0.15) is 16.1 Å². The molecule has 0 aliphatic heterocycles. The lowest BCUT2D eigenvalue weighted by molar-refractivity contribution is -0.691. The third kappa shape index (κ3) is 8.11. The van der Waals surface area contributed by atoms with Crippen molar-refractivity contribution in [3.05, 3.63) is 187 Å². The smallest absolute Gasteiger partial charge is 0.392 e. The number of nitrogens with zero attached hydrogens (tertiary/aromatic N) is 3. The molecule has 6 aromatic rings. The van der Waals surface area contributed by atoms with Gasteiger partial charge in [-0.1, -0.05) is 30.3 Å². The molecule has 0 radical (unpaired) electrons. The van der Waals surface area contributed by atoms with Crippen LogP contribution in [-0.4, -0.2) is 28.8 Å². The number of ether oxygens (including phenoxy) is 1. The molecule has 0 aliphatic rings. The van der Waals surface area contributed by atoms with Crippen molar-refractivity contribution in [3.63, 3.8) is 0 Å². The second-order valence-corrected chi connectivity index (χ2v) is 12.8.